The van der Waals surface area contributed by atoms with E-state index in [1.807, 2.05) is 42.8 Å². The van der Waals surface area contributed by atoms with Gasteiger partial charge in [0.1, 0.15) is 11.3 Å². The van der Waals surface area contributed by atoms with E-state index in [1.54, 1.807) is 30.0 Å². The first-order valence-corrected chi connectivity index (χ1v) is 8.47. The van der Waals surface area contributed by atoms with E-state index < -0.39 is 0 Å². The number of nitrogens with zero attached hydrogens (tertiary/aromatic N) is 3. The zero-order chi connectivity index (χ0) is 19.1. The van der Waals surface area contributed by atoms with Gasteiger partial charge in [0.05, 0.1) is 23.5 Å². The summed E-state index contributed by atoms with van der Waals surface area (Å²) in [5, 5.41) is 6.90. The molecule has 7 nitrogen and oxygen atoms in total. The van der Waals surface area contributed by atoms with E-state index in [2.05, 4.69) is 10.4 Å². The monoisotopic (exact) mass is 362 g/mol. The molecule has 0 saturated heterocycles. The fourth-order valence-corrected chi connectivity index (χ4v) is 3.34. The van der Waals surface area contributed by atoms with E-state index in [0.29, 0.717) is 22.6 Å². The number of pyridine rings is 1. The van der Waals surface area contributed by atoms with E-state index in [0.717, 1.165) is 28.4 Å². The number of rotatable bonds is 4. The molecule has 0 aliphatic carbocycles. The maximum atomic E-state index is 12.1. The minimum absolute atomic E-state index is 0.121. The van der Waals surface area contributed by atoms with Gasteiger partial charge in [-0.2, -0.15) is 5.10 Å². The number of hydrogen-bond donors (Lipinski definition) is 1. The average molecular weight is 362 g/mol. The molecule has 7 heteroatoms. The van der Waals surface area contributed by atoms with Crippen LogP contribution in [0, 0.1) is 13.8 Å². The lowest BCUT2D eigenvalue weighted by Gasteiger charge is -2.09. The third-order valence-electron chi connectivity index (χ3n) is 4.67. The summed E-state index contributed by atoms with van der Waals surface area (Å²) in [7, 11) is 1.62. The smallest absolute Gasteiger partial charge is 0.253 e. The van der Waals surface area contributed by atoms with Gasteiger partial charge in [0.15, 0.2) is 12.0 Å². The minimum atomic E-state index is -0.121. The number of hydrogen-bond acceptors (Lipinski definition) is 4. The van der Waals surface area contributed by atoms with Gasteiger partial charge >= 0.3 is 0 Å². The average Bonchev–Trinajstić information content (AvgIpc) is 3.17. The lowest BCUT2D eigenvalue weighted by Crippen LogP contribution is -2.18. The second-order valence-corrected chi connectivity index (χ2v) is 6.34. The van der Waals surface area contributed by atoms with Crippen molar-refractivity contribution in [2.45, 2.75) is 13.8 Å². The molecule has 0 aliphatic rings. The highest BCUT2D eigenvalue weighted by molar-refractivity contribution is 6.02. The molecule has 0 unspecified atom stereocenters. The Hall–Kier alpha value is -3.61. The largest absolute Gasteiger partial charge is 0.453 e. The first kappa shape index (κ1) is 16.8. The summed E-state index contributed by atoms with van der Waals surface area (Å²) in [5.41, 5.74) is 4.47. The zero-order valence-corrected chi connectivity index (χ0v) is 15.2. The van der Waals surface area contributed by atoms with Crippen LogP contribution in [-0.4, -0.2) is 33.3 Å². The van der Waals surface area contributed by atoms with Crippen LogP contribution in [0.15, 0.2) is 43.0 Å². The lowest BCUT2D eigenvalue weighted by molar-refractivity contribution is 0.0964. The van der Waals surface area contributed by atoms with Gasteiger partial charge in [-0.3, -0.25) is 9.59 Å². The molecule has 0 saturated carbocycles. The first-order chi connectivity index (χ1) is 13.0. The number of aromatic nitrogens is 3. The summed E-state index contributed by atoms with van der Waals surface area (Å²) < 4.78 is 9.58. The van der Waals surface area contributed by atoms with Crippen LogP contribution in [0.3, 0.4) is 0 Å². The van der Waals surface area contributed by atoms with Crippen LogP contribution in [0.1, 0.15) is 31.8 Å². The molecule has 0 aromatic carbocycles. The summed E-state index contributed by atoms with van der Waals surface area (Å²) in [6.07, 6.45) is 7.83. The van der Waals surface area contributed by atoms with Crippen molar-refractivity contribution >= 4 is 23.2 Å². The van der Waals surface area contributed by atoms with E-state index in [9.17, 15) is 9.59 Å². The molecule has 4 rings (SSSR count). The maximum Gasteiger partial charge on any atom is 0.253 e. The molecule has 0 aliphatic heterocycles. The number of aldehydes is 1. The molecule has 4 aromatic rings. The van der Waals surface area contributed by atoms with Gasteiger partial charge in [-0.25, -0.2) is 4.52 Å². The van der Waals surface area contributed by atoms with Crippen LogP contribution in [0.25, 0.3) is 11.0 Å². The number of nitrogens with one attached hydrogen (secondary N) is 1. The van der Waals surface area contributed by atoms with Crippen molar-refractivity contribution in [1.82, 2.24) is 19.3 Å². The molecular weight excluding hydrogens is 344 g/mol. The van der Waals surface area contributed by atoms with Crippen LogP contribution in [0.2, 0.25) is 0 Å². The van der Waals surface area contributed by atoms with Crippen LogP contribution in [-0.2, 0) is 0 Å². The first-order valence-electron chi connectivity index (χ1n) is 8.47. The summed E-state index contributed by atoms with van der Waals surface area (Å²) in [4.78, 5) is 23.3. The number of ether oxygens (including phenoxy) is 1. The molecule has 0 bridgehead atoms. The normalized spacial score (nSPS) is 11.1. The van der Waals surface area contributed by atoms with Crippen molar-refractivity contribution in [3.05, 3.63) is 65.2 Å². The highest BCUT2D eigenvalue weighted by Crippen LogP contribution is 2.30. The number of fused-ring (bicyclic) bond motifs is 2. The number of amides is 1. The Kier molecular flexibility index (Phi) is 3.92. The molecule has 136 valence electrons. The second-order valence-electron chi connectivity index (χ2n) is 6.34. The number of aryl methyl sites for hydroxylation is 2. The quantitative estimate of drug-likeness (QED) is 0.566. The summed E-state index contributed by atoms with van der Waals surface area (Å²) >= 11 is 0. The molecule has 1 N–H and O–H groups in total. The second kappa shape index (κ2) is 6.28. The number of carbonyl (C=O) groups is 2. The van der Waals surface area contributed by atoms with E-state index >= 15 is 0 Å². The van der Waals surface area contributed by atoms with Gasteiger partial charge in [0.2, 0.25) is 0 Å². The van der Waals surface area contributed by atoms with Crippen molar-refractivity contribution in [2.75, 3.05) is 7.05 Å². The third-order valence-corrected chi connectivity index (χ3v) is 4.67. The third kappa shape index (κ3) is 2.64. The lowest BCUT2D eigenvalue weighted by atomic mass is 10.1. The van der Waals surface area contributed by atoms with Crippen molar-refractivity contribution in [3.8, 4) is 11.5 Å². The summed E-state index contributed by atoms with van der Waals surface area (Å²) in [6.45, 7) is 3.76. The molecule has 0 atom stereocenters. The SMILES string of the molecule is CNC(=O)c1c(C)cn2cc(Oc3ccnn4cc(C=O)c(C)c34)ccc12. The van der Waals surface area contributed by atoms with E-state index in [4.69, 9.17) is 4.74 Å². The number of carbonyl (C=O) groups excluding carboxylic acids is 2. The van der Waals surface area contributed by atoms with Crippen LogP contribution in [0.5, 0.6) is 11.5 Å². The molecule has 0 radical (unpaired) electrons. The van der Waals surface area contributed by atoms with E-state index in [-0.39, 0.29) is 5.91 Å². The standard InChI is InChI=1S/C20H18N4O3/c1-12-8-23-10-15(4-5-16(23)18(12)20(26)21-3)27-17-6-7-22-24-9-14(11-25)13(2)19(17)24/h4-11H,1-3H3,(H,21,26). The Balaban J connectivity index is 1.78. The fraction of sp³-hybridized carbons (Fsp3) is 0.150. The van der Waals surface area contributed by atoms with E-state index in [1.165, 1.54) is 0 Å². The van der Waals surface area contributed by atoms with Gasteiger partial charge in [-0.05, 0) is 37.1 Å². The van der Waals surface area contributed by atoms with Gasteiger partial charge in [-0.15, -0.1) is 0 Å². The Morgan fingerprint density at radius 3 is 2.74 bits per heavy atom. The van der Waals surface area contributed by atoms with Gasteiger partial charge in [0, 0.05) is 31.1 Å². The Bertz CT molecular complexity index is 1200. The predicted octanol–water partition coefficient (Wildman–Crippen LogP) is 3.17. The predicted molar refractivity (Wildman–Crippen MR) is 101 cm³/mol. The Morgan fingerprint density at radius 1 is 1.19 bits per heavy atom. The highest BCUT2D eigenvalue weighted by Gasteiger charge is 2.16. The van der Waals surface area contributed by atoms with Crippen LogP contribution < -0.4 is 10.1 Å². The molecule has 4 heterocycles. The molecule has 0 fully saturated rings. The highest BCUT2D eigenvalue weighted by atomic mass is 16.5. The molecule has 1 amide bonds. The van der Waals surface area contributed by atoms with Gasteiger partial charge in [-0.1, -0.05) is 0 Å². The van der Waals surface area contributed by atoms with Crippen LogP contribution in [0.4, 0.5) is 0 Å². The molecule has 0 spiro atoms. The van der Waals surface area contributed by atoms with Gasteiger partial charge in [0.25, 0.3) is 5.91 Å². The molecule has 4 aromatic heterocycles. The molecule has 27 heavy (non-hydrogen) atoms. The molecular formula is C20H18N4O3. The van der Waals surface area contributed by atoms with Crippen LogP contribution >= 0.6 is 0 Å². The van der Waals surface area contributed by atoms with Gasteiger partial charge < -0.3 is 14.5 Å². The summed E-state index contributed by atoms with van der Waals surface area (Å²) in [5.74, 6) is 1.09. The maximum absolute atomic E-state index is 12.1. The van der Waals surface area contributed by atoms with Crippen molar-refractivity contribution < 1.29 is 14.3 Å². The topological polar surface area (TPSA) is 77.1 Å². The minimum Gasteiger partial charge on any atom is -0.453 e. The fourth-order valence-electron chi connectivity index (χ4n) is 3.34. The summed E-state index contributed by atoms with van der Waals surface area (Å²) in [6, 6.07) is 5.43. The zero-order valence-electron chi connectivity index (χ0n) is 15.2. The van der Waals surface area contributed by atoms with Crippen molar-refractivity contribution in [1.29, 1.82) is 0 Å². The van der Waals surface area contributed by atoms with Crippen molar-refractivity contribution in [3.63, 3.8) is 0 Å². The van der Waals surface area contributed by atoms with Crippen molar-refractivity contribution in [2.24, 2.45) is 0 Å². The Morgan fingerprint density at radius 2 is 2.00 bits per heavy atom. The Labute approximate surface area is 155 Å².